The maximum atomic E-state index is 12.1. The fourth-order valence-electron chi connectivity index (χ4n) is 2.85. The molecule has 0 aromatic carbocycles. The van der Waals surface area contributed by atoms with Crippen molar-refractivity contribution in [1.82, 2.24) is 15.2 Å². The number of carbonyl (C=O) groups is 1. The summed E-state index contributed by atoms with van der Waals surface area (Å²) in [6.07, 6.45) is 4.04. The highest BCUT2D eigenvalue weighted by molar-refractivity contribution is 5.78. The smallest absolute Gasteiger partial charge is 0.234 e. The maximum absolute atomic E-state index is 12.1. The third kappa shape index (κ3) is 6.18. The van der Waals surface area contributed by atoms with Gasteiger partial charge >= 0.3 is 0 Å². The van der Waals surface area contributed by atoms with Crippen LogP contribution in [-0.4, -0.2) is 54.6 Å². The Bertz CT molecular complexity index is 469. The van der Waals surface area contributed by atoms with E-state index >= 15 is 0 Å². The summed E-state index contributed by atoms with van der Waals surface area (Å²) in [5.74, 6) is 1.86. The molecule has 0 aliphatic carbocycles. The first-order valence-electron chi connectivity index (χ1n) is 8.72. The molecule has 1 amide bonds. The largest absolute Gasteiger partial charge is 0.354 e. The van der Waals surface area contributed by atoms with Crippen LogP contribution in [0.1, 0.15) is 33.6 Å². The summed E-state index contributed by atoms with van der Waals surface area (Å²) < 4.78 is 0. The number of nitrogens with one attached hydrogen (secondary N) is 1. The highest BCUT2D eigenvalue weighted by atomic mass is 16.2. The number of piperazine rings is 1. The lowest BCUT2D eigenvalue weighted by molar-refractivity contribution is -0.123. The molecule has 2 heterocycles. The Balaban J connectivity index is 1.68. The predicted molar refractivity (Wildman–Crippen MR) is 94.6 cm³/mol. The number of rotatable bonds is 7. The summed E-state index contributed by atoms with van der Waals surface area (Å²) in [5, 5.41) is 3.12. The highest BCUT2D eigenvalue weighted by Crippen LogP contribution is 2.12. The van der Waals surface area contributed by atoms with Crippen molar-refractivity contribution in [2.75, 3.05) is 37.6 Å². The van der Waals surface area contributed by atoms with Crippen LogP contribution in [0.2, 0.25) is 0 Å². The zero-order chi connectivity index (χ0) is 16.7. The Morgan fingerprint density at radius 3 is 2.52 bits per heavy atom. The van der Waals surface area contributed by atoms with Gasteiger partial charge in [-0.3, -0.25) is 9.69 Å². The minimum atomic E-state index is 0.146. The Hall–Kier alpha value is -1.62. The Morgan fingerprint density at radius 2 is 1.91 bits per heavy atom. The van der Waals surface area contributed by atoms with Crippen molar-refractivity contribution in [1.29, 1.82) is 0 Å². The first-order chi connectivity index (χ1) is 11.0. The molecule has 1 aliphatic rings. The van der Waals surface area contributed by atoms with Gasteiger partial charge in [0.1, 0.15) is 5.82 Å². The van der Waals surface area contributed by atoms with Crippen molar-refractivity contribution >= 4 is 11.7 Å². The van der Waals surface area contributed by atoms with Crippen LogP contribution in [0, 0.1) is 5.92 Å². The van der Waals surface area contributed by atoms with Crippen molar-refractivity contribution in [2.45, 2.75) is 39.7 Å². The molecule has 0 spiro atoms. The molecule has 1 aliphatic heterocycles. The van der Waals surface area contributed by atoms with Gasteiger partial charge in [0.15, 0.2) is 0 Å². The summed E-state index contributed by atoms with van der Waals surface area (Å²) in [6, 6.07) is 6.25. The molecule has 128 valence electrons. The number of hydrogen-bond acceptors (Lipinski definition) is 4. The Labute approximate surface area is 140 Å². The topological polar surface area (TPSA) is 48.5 Å². The van der Waals surface area contributed by atoms with Crippen molar-refractivity contribution < 1.29 is 4.79 Å². The summed E-state index contributed by atoms with van der Waals surface area (Å²) in [6.45, 7) is 10.7. The average molecular weight is 318 g/mol. The first-order valence-corrected chi connectivity index (χ1v) is 8.72. The molecule has 5 nitrogen and oxygen atoms in total. The zero-order valence-corrected chi connectivity index (χ0v) is 14.7. The molecule has 1 saturated heterocycles. The fraction of sp³-hybridized carbons (Fsp3) is 0.667. The van der Waals surface area contributed by atoms with E-state index in [0.717, 1.165) is 44.8 Å². The highest BCUT2D eigenvalue weighted by Gasteiger charge is 2.20. The molecule has 1 aromatic rings. The molecule has 0 radical (unpaired) electrons. The van der Waals surface area contributed by atoms with Crippen LogP contribution < -0.4 is 10.2 Å². The monoisotopic (exact) mass is 318 g/mol. The van der Waals surface area contributed by atoms with Gasteiger partial charge in [0.2, 0.25) is 5.91 Å². The van der Waals surface area contributed by atoms with E-state index in [-0.39, 0.29) is 11.9 Å². The maximum Gasteiger partial charge on any atom is 0.234 e. The number of hydrogen-bond donors (Lipinski definition) is 1. The second-order valence-electron chi connectivity index (χ2n) is 6.89. The second-order valence-corrected chi connectivity index (χ2v) is 6.89. The number of aromatic nitrogens is 1. The van der Waals surface area contributed by atoms with Gasteiger partial charge in [-0.05, 0) is 37.8 Å². The number of nitrogens with zero attached hydrogens (tertiary/aromatic N) is 3. The second kappa shape index (κ2) is 8.87. The third-order valence-corrected chi connectivity index (χ3v) is 4.30. The average Bonchev–Trinajstić information content (AvgIpc) is 2.54. The van der Waals surface area contributed by atoms with Gasteiger partial charge < -0.3 is 10.2 Å². The predicted octanol–water partition coefficient (Wildman–Crippen LogP) is 2.14. The molecule has 1 unspecified atom stereocenters. The van der Waals surface area contributed by atoms with E-state index in [1.54, 1.807) is 0 Å². The molecular weight excluding hydrogens is 288 g/mol. The van der Waals surface area contributed by atoms with Crippen molar-refractivity contribution in [3.05, 3.63) is 24.4 Å². The lowest BCUT2D eigenvalue weighted by Crippen LogP contribution is -2.50. The number of anilines is 1. The minimum Gasteiger partial charge on any atom is -0.354 e. The number of pyridine rings is 1. The Kier molecular flexibility index (Phi) is 6.84. The molecular formula is C18H30N4O. The fourth-order valence-corrected chi connectivity index (χ4v) is 2.85. The SMILES string of the molecule is CC(C)CCC(C)NC(=O)CN1CCN(c2ccccn2)CC1. The van der Waals surface area contributed by atoms with Gasteiger partial charge in [0.05, 0.1) is 6.54 Å². The van der Waals surface area contributed by atoms with Crippen molar-refractivity contribution in [2.24, 2.45) is 5.92 Å². The quantitative estimate of drug-likeness (QED) is 0.837. The van der Waals surface area contributed by atoms with Crippen LogP contribution in [-0.2, 0) is 4.79 Å². The first kappa shape index (κ1) is 17.7. The van der Waals surface area contributed by atoms with Gasteiger partial charge in [-0.1, -0.05) is 19.9 Å². The van der Waals surface area contributed by atoms with Crippen molar-refractivity contribution in [3.63, 3.8) is 0 Å². The molecule has 2 rings (SSSR count). The standard InChI is InChI=1S/C18H30N4O/c1-15(2)7-8-16(3)20-18(23)14-21-10-12-22(13-11-21)17-6-4-5-9-19-17/h4-6,9,15-16H,7-8,10-14H2,1-3H3,(H,20,23). The van der Waals surface area contributed by atoms with Gasteiger partial charge in [0, 0.05) is 38.4 Å². The molecule has 1 aromatic heterocycles. The molecule has 23 heavy (non-hydrogen) atoms. The summed E-state index contributed by atoms with van der Waals surface area (Å²) in [5.41, 5.74) is 0. The molecule has 5 heteroatoms. The van der Waals surface area contributed by atoms with E-state index in [1.807, 2.05) is 24.4 Å². The van der Waals surface area contributed by atoms with Crippen LogP contribution in [0.3, 0.4) is 0 Å². The number of carbonyl (C=O) groups excluding carboxylic acids is 1. The van der Waals surface area contributed by atoms with Crippen LogP contribution >= 0.6 is 0 Å². The lowest BCUT2D eigenvalue weighted by Gasteiger charge is -2.35. The van der Waals surface area contributed by atoms with Gasteiger partial charge in [-0.15, -0.1) is 0 Å². The van der Waals surface area contributed by atoms with Crippen molar-refractivity contribution in [3.8, 4) is 0 Å². The summed E-state index contributed by atoms with van der Waals surface area (Å²) in [4.78, 5) is 21.0. The van der Waals surface area contributed by atoms with Crippen LogP contribution in [0.25, 0.3) is 0 Å². The van der Waals surface area contributed by atoms with Gasteiger partial charge in [-0.2, -0.15) is 0 Å². The lowest BCUT2D eigenvalue weighted by atomic mass is 10.0. The van der Waals surface area contributed by atoms with E-state index in [0.29, 0.717) is 12.5 Å². The van der Waals surface area contributed by atoms with E-state index < -0.39 is 0 Å². The molecule has 1 atom stereocenters. The van der Waals surface area contributed by atoms with Gasteiger partial charge in [0.25, 0.3) is 0 Å². The van der Waals surface area contributed by atoms with Gasteiger partial charge in [-0.25, -0.2) is 4.98 Å². The van der Waals surface area contributed by atoms with Crippen LogP contribution in [0.5, 0.6) is 0 Å². The normalized spacial score (nSPS) is 17.3. The molecule has 0 saturated carbocycles. The number of amides is 1. The minimum absolute atomic E-state index is 0.146. The van der Waals surface area contributed by atoms with Crippen LogP contribution in [0.15, 0.2) is 24.4 Å². The molecule has 1 N–H and O–H groups in total. The molecule has 1 fully saturated rings. The Morgan fingerprint density at radius 1 is 1.17 bits per heavy atom. The summed E-state index contributed by atoms with van der Waals surface area (Å²) >= 11 is 0. The zero-order valence-electron chi connectivity index (χ0n) is 14.7. The van der Waals surface area contributed by atoms with E-state index in [1.165, 1.54) is 0 Å². The van der Waals surface area contributed by atoms with Crippen LogP contribution in [0.4, 0.5) is 5.82 Å². The van der Waals surface area contributed by atoms with E-state index in [4.69, 9.17) is 0 Å². The van der Waals surface area contributed by atoms with E-state index in [9.17, 15) is 4.79 Å². The molecule has 0 bridgehead atoms. The third-order valence-electron chi connectivity index (χ3n) is 4.30. The summed E-state index contributed by atoms with van der Waals surface area (Å²) in [7, 11) is 0. The van der Waals surface area contributed by atoms with E-state index in [2.05, 4.69) is 40.9 Å².